The zero-order valence-electron chi connectivity index (χ0n) is 11.2. The van der Waals surface area contributed by atoms with Gasteiger partial charge >= 0.3 is 6.18 Å². The Morgan fingerprint density at radius 2 is 2.15 bits per heavy atom. The number of carbonyl (C=O) groups excluding carboxylic acids is 1. The Balaban J connectivity index is 2.60. The van der Waals surface area contributed by atoms with Crippen LogP contribution in [0.1, 0.15) is 11.1 Å². The molecule has 1 amide bonds. The van der Waals surface area contributed by atoms with Crippen LogP contribution in [-0.4, -0.2) is 30.9 Å². The summed E-state index contributed by atoms with van der Waals surface area (Å²) in [6, 6.07) is 5.09. The monoisotopic (exact) mass is 286 g/mol. The highest BCUT2D eigenvalue weighted by Crippen LogP contribution is 2.29. The summed E-state index contributed by atoms with van der Waals surface area (Å²) in [5.74, 6) is -0.195. The van der Waals surface area contributed by atoms with E-state index in [0.29, 0.717) is 12.1 Å². The third-order valence-electron chi connectivity index (χ3n) is 2.56. The number of rotatable bonds is 6. The average molecular weight is 286 g/mol. The van der Waals surface area contributed by atoms with Crippen molar-refractivity contribution in [1.29, 1.82) is 0 Å². The minimum atomic E-state index is -4.35. The maximum atomic E-state index is 12.6. The zero-order chi connectivity index (χ0) is 15.2. The second-order valence-corrected chi connectivity index (χ2v) is 4.46. The number of hydrogen-bond donors (Lipinski definition) is 1. The molecular formula is C14H17F3N2O. The van der Waals surface area contributed by atoms with Gasteiger partial charge in [-0.15, -0.1) is 6.58 Å². The van der Waals surface area contributed by atoms with Crippen LogP contribution in [0.3, 0.4) is 0 Å². The summed E-state index contributed by atoms with van der Waals surface area (Å²) in [4.78, 5) is 13.1. The molecule has 0 bridgehead atoms. The quantitative estimate of drug-likeness (QED) is 0.815. The van der Waals surface area contributed by atoms with Crippen molar-refractivity contribution >= 4 is 5.91 Å². The number of amides is 1. The standard InChI is InChI=1S/C14H17F3N2O/c1-3-7-18-13(20)10-19(2)9-11-5-4-6-12(8-11)14(15,16)17/h3-6,8H,1,7,9-10H2,2H3,(H,18,20). The van der Waals surface area contributed by atoms with Gasteiger partial charge in [0.2, 0.25) is 5.91 Å². The largest absolute Gasteiger partial charge is 0.416 e. The Morgan fingerprint density at radius 3 is 2.75 bits per heavy atom. The van der Waals surface area contributed by atoms with Crippen molar-refractivity contribution in [2.45, 2.75) is 12.7 Å². The molecule has 0 saturated heterocycles. The summed E-state index contributed by atoms with van der Waals surface area (Å²) in [5.41, 5.74) is -0.168. The topological polar surface area (TPSA) is 32.3 Å². The molecule has 0 spiro atoms. The van der Waals surface area contributed by atoms with Crippen molar-refractivity contribution in [3.05, 3.63) is 48.0 Å². The van der Waals surface area contributed by atoms with Crippen LogP contribution < -0.4 is 5.32 Å². The normalized spacial score (nSPS) is 11.4. The van der Waals surface area contributed by atoms with Gasteiger partial charge in [0.1, 0.15) is 0 Å². The molecule has 0 heterocycles. The van der Waals surface area contributed by atoms with Gasteiger partial charge < -0.3 is 5.32 Å². The molecule has 1 aromatic rings. The van der Waals surface area contributed by atoms with Gasteiger partial charge in [-0.2, -0.15) is 13.2 Å². The van der Waals surface area contributed by atoms with E-state index in [-0.39, 0.29) is 19.0 Å². The van der Waals surface area contributed by atoms with Crippen molar-refractivity contribution in [3.63, 3.8) is 0 Å². The highest BCUT2D eigenvalue weighted by atomic mass is 19.4. The Labute approximate surface area is 116 Å². The van der Waals surface area contributed by atoms with E-state index in [4.69, 9.17) is 0 Å². The van der Waals surface area contributed by atoms with Crippen molar-refractivity contribution in [2.75, 3.05) is 20.1 Å². The van der Waals surface area contributed by atoms with Gasteiger partial charge in [-0.1, -0.05) is 24.3 Å². The number of alkyl halides is 3. The maximum Gasteiger partial charge on any atom is 0.416 e. The van der Waals surface area contributed by atoms with Crippen LogP contribution in [-0.2, 0) is 17.5 Å². The first-order valence-electron chi connectivity index (χ1n) is 6.05. The van der Waals surface area contributed by atoms with Gasteiger partial charge in [0.15, 0.2) is 0 Å². The van der Waals surface area contributed by atoms with E-state index in [1.807, 2.05) is 0 Å². The van der Waals surface area contributed by atoms with Crippen LogP contribution in [0.25, 0.3) is 0 Å². The van der Waals surface area contributed by atoms with Crippen LogP contribution >= 0.6 is 0 Å². The van der Waals surface area contributed by atoms with Crippen molar-refractivity contribution < 1.29 is 18.0 Å². The maximum absolute atomic E-state index is 12.6. The number of halogens is 3. The predicted octanol–water partition coefficient (Wildman–Crippen LogP) is 2.44. The molecule has 0 aromatic heterocycles. The van der Waals surface area contributed by atoms with Crippen LogP contribution in [0.5, 0.6) is 0 Å². The Hall–Kier alpha value is -1.82. The Bertz CT molecular complexity index is 472. The lowest BCUT2D eigenvalue weighted by atomic mass is 10.1. The van der Waals surface area contributed by atoms with Gasteiger partial charge in [0.25, 0.3) is 0 Å². The fourth-order valence-corrected chi connectivity index (χ4v) is 1.70. The molecule has 1 aromatic carbocycles. The molecule has 0 aliphatic rings. The van der Waals surface area contributed by atoms with Crippen LogP contribution in [0, 0.1) is 0 Å². The molecule has 6 heteroatoms. The highest BCUT2D eigenvalue weighted by molar-refractivity contribution is 5.78. The fourth-order valence-electron chi connectivity index (χ4n) is 1.70. The molecule has 20 heavy (non-hydrogen) atoms. The molecular weight excluding hydrogens is 269 g/mol. The van der Waals surface area contributed by atoms with E-state index in [1.165, 1.54) is 6.07 Å². The molecule has 1 N–H and O–H groups in total. The lowest BCUT2D eigenvalue weighted by Crippen LogP contribution is -2.34. The zero-order valence-corrected chi connectivity index (χ0v) is 11.2. The van der Waals surface area contributed by atoms with E-state index >= 15 is 0 Å². The molecule has 0 atom stereocenters. The predicted molar refractivity (Wildman–Crippen MR) is 71.0 cm³/mol. The highest BCUT2D eigenvalue weighted by Gasteiger charge is 2.30. The summed E-state index contributed by atoms with van der Waals surface area (Å²) in [6.07, 6.45) is -2.79. The minimum Gasteiger partial charge on any atom is -0.352 e. The van der Waals surface area contributed by atoms with Gasteiger partial charge in [-0.05, 0) is 18.7 Å². The summed E-state index contributed by atoms with van der Waals surface area (Å²) >= 11 is 0. The lowest BCUT2D eigenvalue weighted by molar-refractivity contribution is -0.137. The first-order valence-corrected chi connectivity index (χ1v) is 6.05. The number of hydrogen-bond acceptors (Lipinski definition) is 2. The number of benzene rings is 1. The number of likely N-dealkylation sites (N-methyl/N-ethyl adjacent to an activating group) is 1. The van der Waals surface area contributed by atoms with Gasteiger partial charge in [-0.3, -0.25) is 9.69 Å². The third kappa shape index (κ3) is 5.44. The molecule has 0 saturated carbocycles. The number of carbonyl (C=O) groups is 1. The van der Waals surface area contributed by atoms with E-state index in [9.17, 15) is 18.0 Å². The van der Waals surface area contributed by atoms with E-state index in [2.05, 4.69) is 11.9 Å². The lowest BCUT2D eigenvalue weighted by Gasteiger charge is -2.17. The molecule has 0 aliphatic carbocycles. The average Bonchev–Trinajstić information content (AvgIpc) is 2.35. The summed E-state index contributed by atoms with van der Waals surface area (Å²) in [5, 5.41) is 2.61. The van der Waals surface area contributed by atoms with Crippen LogP contribution in [0.4, 0.5) is 13.2 Å². The molecule has 0 aliphatic heterocycles. The van der Waals surface area contributed by atoms with E-state index in [1.54, 1.807) is 24.1 Å². The Kier molecular flexibility index (Phi) is 5.76. The molecule has 1 rings (SSSR count). The molecule has 110 valence electrons. The SMILES string of the molecule is C=CCNC(=O)CN(C)Cc1cccc(C(F)(F)F)c1. The summed E-state index contributed by atoms with van der Waals surface area (Å²) in [6.45, 7) is 4.23. The molecule has 0 unspecified atom stereocenters. The van der Waals surface area contributed by atoms with Gasteiger partial charge in [0.05, 0.1) is 12.1 Å². The second-order valence-electron chi connectivity index (χ2n) is 4.46. The Morgan fingerprint density at radius 1 is 1.45 bits per heavy atom. The third-order valence-corrected chi connectivity index (χ3v) is 2.56. The molecule has 0 fully saturated rings. The van der Waals surface area contributed by atoms with Crippen molar-refractivity contribution in [2.24, 2.45) is 0 Å². The van der Waals surface area contributed by atoms with Gasteiger partial charge in [0, 0.05) is 13.1 Å². The molecule has 0 radical (unpaired) electrons. The summed E-state index contributed by atoms with van der Waals surface area (Å²) < 4.78 is 37.7. The van der Waals surface area contributed by atoms with Crippen LogP contribution in [0.15, 0.2) is 36.9 Å². The van der Waals surface area contributed by atoms with E-state index < -0.39 is 11.7 Å². The first-order chi connectivity index (χ1) is 9.32. The number of nitrogens with one attached hydrogen (secondary N) is 1. The second kappa shape index (κ2) is 7.09. The van der Waals surface area contributed by atoms with Crippen molar-refractivity contribution in [3.8, 4) is 0 Å². The summed E-state index contributed by atoms with van der Waals surface area (Å²) in [7, 11) is 1.67. The molecule has 3 nitrogen and oxygen atoms in total. The van der Waals surface area contributed by atoms with Crippen LogP contribution in [0.2, 0.25) is 0 Å². The minimum absolute atomic E-state index is 0.115. The van der Waals surface area contributed by atoms with E-state index in [0.717, 1.165) is 12.1 Å². The smallest absolute Gasteiger partial charge is 0.352 e. The first kappa shape index (κ1) is 16.2. The fraction of sp³-hybridized carbons (Fsp3) is 0.357. The number of nitrogens with zero attached hydrogens (tertiary/aromatic N) is 1. The van der Waals surface area contributed by atoms with Crippen molar-refractivity contribution in [1.82, 2.24) is 10.2 Å². The van der Waals surface area contributed by atoms with Gasteiger partial charge in [-0.25, -0.2) is 0 Å².